The van der Waals surface area contributed by atoms with E-state index in [0.717, 1.165) is 11.3 Å². The van der Waals surface area contributed by atoms with Gasteiger partial charge in [0, 0.05) is 5.70 Å². The van der Waals surface area contributed by atoms with Crippen LogP contribution in [0.2, 0.25) is 0 Å². The molecule has 0 saturated carbocycles. The van der Waals surface area contributed by atoms with E-state index >= 15 is 0 Å². The van der Waals surface area contributed by atoms with E-state index in [2.05, 4.69) is 25.1 Å². The third kappa shape index (κ3) is 4.33. The highest BCUT2D eigenvalue weighted by molar-refractivity contribution is 5.27. The summed E-state index contributed by atoms with van der Waals surface area (Å²) >= 11 is 0. The van der Waals surface area contributed by atoms with Crippen LogP contribution < -0.4 is 5.32 Å². The van der Waals surface area contributed by atoms with Crippen LogP contribution in [0, 0.1) is 0 Å². The lowest BCUT2D eigenvalue weighted by atomic mass is 10.1. The second-order valence-corrected chi connectivity index (χ2v) is 2.77. The fourth-order valence-electron chi connectivity index (χ4n) is 0.994. The summed E-state index contributed by atoms with van der Waals surface area (Å²) in [7, 11) is 0. The lowest BCUT2D eigenvalue weighted by molar-refractivity contribution is 0.267. The van der Waals surface area contributed by atoms with Crippen molar-refractivity contribution in [3.05, 3.63) is 49.2 Å². The summed E-state index contributed by atoms with van der Waals surface area (Å²) in [5.74, 6) is 0. The van der Waals surface area contributed by atoms with Gasteiger partial charge in [0.1, 0.15) is 0 Å². The van der Waals surface area contributed by atoms with E-state index in [9.17, 15) is 0 Å². The molecule has 13 heavy (non-hydrogen) atoms. The van der Waals surface area contributed by atoms with E-state index in [0.29, 0.717) is 0 Å². The molecular weight excluding hydrogens is 162 g/mol. The van der Waals surface area contributed by atoms with Gasteiger partial charge in [-0.1, -0.05) is 38.0 Å². The molecule has 0 bridgehead atoms. The Balaban J connectivity index is 4.51. The minimum Gasteiger partial charge on any atom is -0.394 e. The van der Waals surface area contributed by atoms with Gasteiger partial charge in [-0.05, 0) is 12.5 Å². The molecule has 0 spiro atoms. The van der Waals surface area contributed by atoms with Crippen molar-refractivity contribution >= 4 is 0 Å². The van der Waals surface area contributed by atoms with Crippen molar-refractivity contribution < 1.29 is 5.11 Å². The van der Waals surface area contributed by atoms with Gasteiger partial charge in [0.15, 0.2) is 0 Å². The maximum absolute atomic E-state index is 9.08. The quantitative estimate of drug-likeness (QED) is 0.609. The zero-order valence-electron chi connectivity index (χ0n) is 8.09. The van der Waals surface area contributed by atoms with Crippen molar-refractivity contribution in [3.8, 4) is 0 Å². The number of aliphatic hydroxyl groups is 1. The number of rotatable bonds is 6. The molecule has 2 nitrogen and oxygen atoms in total. The summed E-state index contributed by atoms with van der Waals surface area (Å²) in [4.78, 5) is 0. The molecular formula is C11H17NO. The van der Waals surface area contributed by atoms with Crippen molar-refractivity contribution in [2.75, 3.05) is 6.61 Å². The molecule has 1 atom stereocenters. The van der Waals surface area contributed by atoms with E-state index in [1.54, 1.807) is 12.2 Å². The second kappa shape index (κ2) is 6.26. The lowest BCUT2D eigenvalue weighted by Gasteiger charge is -2.18. The summed E-state index contributed by atoms with van der Waals surface area (Å²) in [6, 6.07) is -0.145. The van der Waals surface area contributed by atoms with Crippen molar-refractivity contribution in [3.63, 3.8) is 0 Å². The Kier molecular flexibility index (Phi) is 5.64. The van der Waals surface area contributed by atoms with Crippen molar-refractivity contribution in [2.24, 2.45) is 0 Å². The van der Waals surface area contributed by atoms with Gasteiger partial charge in [-0.15, -0.1) is 0 Å². The summed E-state index contributed by atoms with van der Waals surface area (Å²) in [5.41, 5.74) is 1.72. The van der Waals surface area contributed by atoms with Gasteiger partial charge in [0.05, 0.1) is 12.6 Å². The fourth-order valence-corrected chi connectivity index (χ4v) is 0.994. The van der Waals surface area contributed by atoms with E-state index < -0.39 is 0 Å². The number of allylic oxidation sites excluding steroid dienone is 3. The van der Waals surface area contributed by atoms with Gasteiger partial charge in [0.2, 0.25) is 0 Å². The maximum atomic E-state index is 9.08. The van der Waals surface area contributed by atoms with Gasteiger partial charge in [0.25, 0.3) is 0 Å². The molecule has 0 saturated heterocycles. The molecule has 0 fully saturated rings. The first kappa shape index (κ1) is 11.7. The molecule has 0 heterocycles. The van der Waals surface area contributed by atoms with Gasteiger partial charge >= 0.3 is 0 Å². The summed E-state index contributed by atoms with van der Waals surface area (Å²) < 4.78 is 0. The second-order valence-electron chi connectivity index (χ2n) is 2.77. The normalized spacial score (nSPS) is 13.2. The fraction of sp³-hybridized carbons (Fsp3) is 0.273. The molecule has 72 valence electrons. The average molecular weight is 179 g/mol. The molecule has 0 aromatic carbocycles. The first-order valence-corrected chi connectivity index (χ1v) is 4.13. The van der Waals surface area contributed by atoms with Crippen molar-refractivity contribution in [1.82, 2.24) is 5.32 Å². The van der Waals surface area contributed by atoms with Crippen LogP contribution in [0.15, 0.2) is 49.2 Å². The Hall–Kier alpha value is -1.28. The number of aliphatic hydroxyl groups excluding tert-OH is 1. The third-order valence-electron chi connectivity index (χ3n) is 1.55. The van der Waals surface area contributed by atoms with Crippen LogP contribution in [-0.4, -0.2) is 17.8 Å². The minimum absolute atomic E-state index is 0.0125. The van der Waals surface area contributed by atoms with Crippen LogP contribution in [0.25, 0.3) is 0 Å². The third-order valence-corrected chi connectivity index (χ3v) is 1.55. The number of hydrogen-bond acceptors (Lipinski definition) is 2. The monoisotopic (exact) mass is 179 g/mol. The standard InChI is InChI=1S/C11H17NO/c1-5-7-10(6-2)11(8-13)12-9(3)4/h5-7,11-13H,1-3,8H2,4H3/b10-7+/t11-/m1/s1. The molecule has 0 aliphatic carbocycles. The van der Waals surface area contributed by atoms with Crippen LogP contribution >= 0.6 is 0 Å². The van der Waals surface area contributed by atoms with Crippen LogP contribution in [0.1, 0.15) is 6.92 Å². The molecule has 0 radical (unpaired) electrons. The molecule has 0 rings (SSSR count). The highest BCUT2D eigenvalue weighted by Gasteiger charge is 2.08. The van der Waals surface area contributed by atoms with E-state index in [1.807, 2.05) is 13.0 Å². The van der Waals surface area contributed by atoms with Crippen LogP contribution in [-0.2, 0) is 0 Å². The molecule has 0 amide bonds. The Morgan fingerprint density at radius 1 is 1.54 bits per heavy atom. The predicted molar refractivity (Wildman–Crippen MR) is 57.3 cm³/mol. The first-order valence-electron chi connectivity index (χ1n) is 4.13. The van der Waals surface area contributed by atoms with Crippen LogP contribution in [0.5, 0.6) is 0 Å². The van der Waals surface area contributed by atoms with Gasteiger partial charge in [-0.2, -0.15) is 0 Å². The average Bonchev–Trinajstić information content (AvgIpc) is 2.10. The molecule has 0 aromatic heterocycles. The molecule has 0 aliphatic heterocycles. The van der Waals surface area contributed by atoms with E-state index in [-0.39, 0.29) is 12.6 Å². The molecule has 2 heteroatoms. The SMILES string of the molecule is C=C/C=C(\C=C)[C@@H](CO)NC(=C)C. The Labute approximate surface area is 80.0 Å². The van der Waals surface area contributed by atoms with Crippen LogP contribution in [0.4, 0.5) is 0 Å². The molecule has 0 unspecified atom stereocenters. The maximum Gasteiger partial charge on any atom is 0.0741 e. The lowest BCUT2D eigenvalue weighted by Crippen LogP contribution is -2.32. The summed E-state index contributed by atoms with van der Waals surface area (Å²) in [6.07, 6.45) is 5.17. The van der Waals surface area contributed by atoms with Gasteiger partial charge in [-0.25, -0.2) is 0 Å². The van der Waals surface area contributed by atoms with E-state index in [4.69, 9.17) is 5.11 Å². The van der Waals surface area contributed by atoms with Gasteiger partial charge in [-0.3, -0.25) is 0 Å². The number of nitrogens with one attached hydrogen (secondary N) is 1. The molecule has 0 aromatic rings. The Morgan fingerprint density at radius 3 is 2.46 bits per heavy atom. The van der Waals surface area contributed by atoms with Crippen molar-refractivity contribution in [1.29, 1.82) is 0 Å². The predicted octanol–water partition coefficient (Wildman–Crippen LogP) is 1.77. The smallest absolute Gasteiger partial charge is 0.0741 e. The Bertz CT molecular complexity index is 228. The first-order chi connectivity index (χ1) is 6.15. The van der Waals surface area contributed by atoms with E-state index in [1.165, 1.54) is 0 Å². The van der Waals surface area contributed by atoms with Crippen molar-refractivity contribution in [2.45, 2.75) is 13.0 Å². The zero-order chi connectivity index (χ0) is 10.3. The largest absolute Gasteiger partial charge is 0.394 e. The Morgan fingerprint density at radius 2 is 2.15 bits per heavy atom. The van der Waals surface area contributed by atoms with Crippen LogP contribution in [0.3, 0.4) is 0 Å². The zero-order valence-corrected chi connectivity index (χ0v) is 8.09. The minimum atomic E-state index is -0.145. The summed E-state index contributed by atoms with van der Waals surface area (Å²) in [6.45, 7) is 12.8. The summed E-state index contributed by atoms with van der Waals surface area (Å²) in [5, 5.41) is 12.1. The van der Waals surface area contributed by atoms with Gasteiger partial charge < -0.3 is 10.4 Å². The topological polar surface area (TPSA) is 32.3 Å². The highest BCUT2D eigenvalue weighted by atomic mass is 16.3. The number of hydrogen-bond donors (Lipinski definition) is 2. The molecule has 0 aliphatic rings. The highest BCUT2D eigenvalue weighted by Crippen LogP contribution is 2.05. The molecule has 2 N–H and O–H groups in total.